The second kappa shape index (κ2) is 19.5. The molecule has 0 unspecified atom stereocenters. The maximum atomic E-state index is 13.8. The summed E-state index contributed by atoms with van der Waals surface area (Å²) in [6.45, 7) is 2.42. The van der Waals surface area contributed by atoms with Crippen LogP contribution in [-0.2, 0) is 41.8 Å². The normalized spacial score (nSPS) is 19.6. The Bertz CT molecular complexity index is 2300. The van der Waals surface area contributed by atoms with E-state index in [2.05, 4.69) is 73.6 Å². The number of ether oxygens (including phenoxy) is 3. The lowest BCUT2D eigenvalue weighted by atomic mass is 9.80. The first-order valence-corrected chi connectivity index (χ1v) is 20.8. The second-order valence-electron chi connectivity index (χ2n) is 15.7. The minimum absolute atomic E-state index is 0.0203. The van der Waals surface area contributed by atoms with Gasteiger partial charge in [0, 0.05) is 18.4 Å². The molecule has 2 aliphatic heterocycles. The number of Topliss-reactive ketones (excluding diaryl/α,β-unsaturated/α-hetero) is 1. The minimum Gasteiger partial charge on any atom is -0.508 e. The van der Waals surface area contributed by atoms with Crippen molar-refractivity contribution in [2.24, 2.45) is 11.8 Å². The Kier molecular flexibility index (Phi) is 13.5. The van der Waals surface area contributed by atoms with Crippen LogP contribution in [0.4, 0.5) is 0 Å². The van der Waals surface area contributed by atoms with E-state index >= 15 is 0 Å². The molecule has 0 radical (unpaired) electrons. The van der Waals surface area contributed by atoms with E-state index in [-0.39, 0.29) is 35.5 Å². The Balaban J connectivity index is 1.23. The van der Waals surface area contributed by atoms with Gasteiger partial charge in [-0.2, -0.15) is 0 Å². The number of methoxy groups -OCH3 is 1. The van der Waals surface area contributed by atoms with Crippen LogP contribution < -0.4 is 9.47 Å². The van der Waals surface area contributed by atoms with Crippen LogP contribution in [0.25, 0.3) is 10.8 Å². The maximum Gasteiger partial charge on any atom is 0.161 e. The molecular formula is C52H54O6. The Morgan fingerprint density at radius 3 is 2.38 bits per heavy atom. The summed E-state index contributed by atoms with van der Waals surface area (Å²) in [5, 5.41) is 24.4. The highest BCUT2D eigenvalue weighted by Crippen LogP contribution is 2.39. The first kappa shape index (κ1) is 40.3. The van der Waals surface area contributed by atoms with Gasteiger partial charge in [0.15, 0.2) is 11.5 Å². The molecular weight excluding hydrogens is 721 g/mol. The van der Waals surface area contributed by atoms with Crippen molar-refractivity contribution >= 4 is 16.6 Å². The third-order valence-electron chi connectivity index (χ3n) is 11.6. The van der Waals surface area contributed by atoms with Crippen molar-refractivity contribution in [1.82, 2.24) is 0 Å². The molecule has 4 atom stereocenters. The monoisotopic (exact) mass is 774 g/mol. The van der Waals surface area contributed by atoms with Crippen LogP contribution in [-0.4, -0.2) is 29.2 Å². The number of benzene rings is 5. The number of aliphatic hydroxyl groups excluding tert-OH is 1. The predicted molar refractivity (Wildman–Crippen MR) is 231 cm³/mol. The molecule has 0 saturated heterocycles. The highest BCUT2D eigenvalue weighted by molar-refractivity contribution is 5.92. The molecule has 2 N–H and O–H groups in total. The summed E-state index contributed by atoms with van der Waals surface area (Å²) in [5.74, 6) is 4.97. The van der Waals surface area contributed by atoms with Crippen molar-refractivity contribution in [3.05, 3.63) is 160 Å². The first-order chi connectivity index (χ1) is 28.4. The number of phenols is 1. The number of carbonyl (C=O) groups excluding carboxylic acids is 1. The summed E-state index contributed by atoms with van der Waals surface area (Å²) in [7, 11) is 1.63. The molecule has 5 aromatic rings. The van der Waals surface area contributed by atoms with Crippen molar-refractivity contribution < 1.29 is 29.2 Å². The number of ketones is 1. The third kappa shape index (κ3) is 10.3. The summed E-state index contributed by atoms with van der Waals surface area (Å²) in [5.41, 5.74) is 6.19. The number of aliphatic hydroxyl groups is 1. The fourth-order valence-corrected chi connectivity index (χ4v) is 8.50. The molecule has 58 heavy (non-hydrogen) atoms. The molecule has 1 aliphatic carbocycles. The third-order valence-corrected chi connectivity index (χ3v) is 11.6. The Labute approximate surface area is 343 Å². The van der Waals surface area contributed by atoms with Gasteiger partial charge in [0.2, 0.25) is 0 Å². The number of aryl methyl sites for hydroxylation is 3. The van der Waals surface area contributed by atoms with Crippen molar-refractivity contribution in [2.45, 2.75) is 89.8 Å². The van der Waals surface area contributed by atoms with Crippen LogP contribution >= 0.6 is 0 Å². The van der Waals surface area contributed by atoms with E-state index in [9.17, 15) is 15.0 Å². The lowest BCUT2D eigenvalue weighted by Crippen LogP contribution is -2.24. The van der Waals surface area contributed by atoms with Gasteiger partial charge < -0.3 is 24.4 Å². The zero-order valence-corrected chi connectivity index (χ0v) is 33.7. The molecule has 8 rings (SSSR count). The SMILES string of the molecule is CCc1cc(O)c2c3ccc(cc13)COc1cc(ccc1OC)CCC(=O)C[C@H](C[C@@H]1C=C(O)C=C[C@H]1CCCCc1ccccc1)OC#C[C@H]2Cc1ccccc1. The van der Waals surface area contributed by atoms with Gasteiger partial charge in [-0.15, -0.1) is 0 Å². The number of unbranched alkanes of at least 4 members (excludes halogenated alkanes) is 1. The van der Waals surface area contributed by atoms with Crippen LogP contribution in [0.1, 0.15) is 84.7 Å². The van der Waals surface area contributed by atoms with Crippen molar-refractivity contribution in [2.75, 3.05) is 7.11 Å². The van der Waals surface area contributed by atoms with E-state index in [0.717, 1.165) is 70.7 Å². The number of fused-ring (bicyclic) bond motifs is 9. The zero-order valence-electron chi connectivity index (χ0n) is 33.7. The van der Waals surface area contributed by atoms with E-state index in [1.807, 2.05) is 60.7 Å². The number of aromatic hydroxyl groups is 1. The summed E-state index contributed by atoms with van der Waals surface area (Å²) in [4.78, 5) is 13.8. The smallest absolute Gasteiger partial charge is 0.161 e. The lowest BCUT2D eigenvalue weighted by molar-refractivity contribution is -0.121. The van der Waals surface area contributed by atoms with Crippen LogP contribution in [0, 0.1) is 23.9 Å². The molecule has 6 nitrogen and oxygen atoms in total. The second-order valence-corrected chi connectivity index (χ2v) is 15.7. The van der Waals surface area contributed by atoms with Gasteiger partial charge >= 0.3 is 0 Å². The molecule has 0 saturated carbocycles. The molecule has 298 valence electrons. The lowest BCUT2D eigenvalue weighted by Gasteiger charge is -2.28. The summed E-state index contributed by atoms with van der Waals surface area (Å²) in [6, 6.07) is 34.7. The predicted octanol–water partition coefficient (Wildman–Crippen LogP) is 11.3. The molecule has 2 heterocycles. The fraction of sp³-hybridized carbons (Fsp3) is 0.327. The molecule has 0 aromatic heterocycles. The molecule has 6 heteroatoms. The van der Waals surface area contributed by atoms with Gasteiger partial charge in [-0.25, -0.2) is 0 Å². The van der Waals surface area contributed by atoms with Gasteiger partial charge in [0.1, 0.15) is 36.1 Å². The number of carbonyl (C=O) groups is 1. The molecule has 0 spiro atoms. The summed E-state index contributed by atoms with van der Waals surface area (Å²) < 4.78 is 18.5. The largest absolute Gasteiger partial charge is 0.508 e. The van der Waals surface area contributed by atoms with Gasteiger partial charge in [-0.05, 0) is 132 Å². The molecule has 5 aromatic carbocycles. The standard InChI is InChI=1S/C52H54O6/c1-3-40-33-49(55)52-42(28-37-15-8-5-9-16-37)26-27-57-46(32-43-31-44(53)23-21-41(43)17-11-10-14-36-12-6-4-7-13-36)34-45(54)22-18-38-20-25-50(56-2)51(30-38)58-35-39-19-24-47(52)48(40)29-39/h4-9,12-13,15-16,19-21,23-25,29-31,33,41-43,46,53,55H,3,10-11,14,17-18,22,28,32,34-35H2,1-2H3/t41-,42+,43+,46+/m1/s1. The summed E-state index contributed by atoms with van der Waals surface area (Å²) in [6.07, 6.45) is 15.4. The topological polar surface area (TPSA) is 85.2 Å². The summed E-state index contributed by atoms with van der Waals surface area (Å²) >= 11 is 0. The van der Waals surface area contributed by atoms with Crippen LogP contribution in [0.5, 0.6) is 17.2 Å². The molecule has 3 aliphatic rings. The molecule has 0 fully saturated rings. The highest BCUT2D eigenvalue weighted by atomic mass is 16.5. The van der Waals surface area contributed by atoms with Crippen LogP contribution in [0.3, 0.4) is 0 Å². The van der Waals surface area contributed by atoms with Crippen LogP contribution in [0.15, 0.2) is 127 Å². The Morgan fingerprint density at radius 2 is 1.60 bits per heavy atom. The molecule has 0 amide bonds. The van der Waals surface area contributed by atoms with Crippen molar-refractivity contribution in [3.8, 4) is 29.3 Å². The van der Waals surface area contributed by atoms with Crippen molar-refractivity contribution in [3.63, 3.8) is 0 Å². The Morgan fingerprint density at radius 1 is 0.828 bits per heavy atom. The van der Waals surface area contributed by atoms with E-state index in [4.69, 9.17) is 14.2 Å². The van der Waals surface area contributed by atoms with Gasteiger partial charge in [0.05, 0.1) is 13.0 Å². The van der Waals surface area contributed by atoms with E-state index in [0.29, 0.717) is 43.8 Å². The number of hydrogen-bond donors (Lipinski definition) is 2. The van der Waals surface area contributed by atoms with Gasteiger partial charge in [-0.3, -0.25) is 4.79 Å². The van der Waals surface area contributed by atoms with Gasteiger partial charge in [-0.1, -0.05) is 104 Å². The van der Waals surface area contributed by atoms with Crippen molar-refractivity contribution in [1.29, 1.82) is 0 Å². The van der Waals surface area contributed by atoms with E-state index in [1.54, 1.807) is 13.2 Å². The zero-order chi connectivity index (χ0) is 40.3. The average molecular weight is 775 g/mol. The molecule has 6 bridgehead atoms. The first-order valence-electron chi connectivity index (χ1n) is 20.8. The maximum absolute atomic E-state index is 13.8. The minimum atomic E-state index is -0.503. The van der Waals surface area contributed by atoms with Crippen LogP contribution in [0.2, 0.25) is 0 Å². The fourth-order valence-electron chi connectivity index (χ4n) is 8.50. The van der Waals surface area contributed by atoms with E-state index in [1.165, 1.54) is 5.56 Å². The average Bonchev–Trinajstić information content (AvgIpc) is 3.24. The number of allylic oxidation sites excluding steroid dienone is 3. The number of phenolic OH excluding ortho intramolecular Hbond substituents is 1. The number of hydrogen-bond acceptors (Lipinski definition) is 6. The number of rotatable bonds is 11. The van der Waals surface area contributed by atoms with Gasteiger partial charge in [0.25, 0.3) is 0 Å². The van der Waals surface area contributed by atoms with E-state index < -0.39 is 12.0 Å². The quantitative estimate of drug-likeness (QED) is 0.103. The Hall–Kier alpha value is -5.93. The highest BCUT2D eigenvalue weighted by Gasteiger charge is 2.27.